The molecule has 0 aromatic heterocycles. The molecule has 0 unspecified atom stereocenters. The van der Waals surface area contributed by atoms with Gasteiger partial charge in [-0.25, -0.2) is 12.8 Å². The highest BCUT2D eigenvalue weighted by Crippen LogP contribution is 2.26. The number of halogens is 2. The summed E-state index contributed by atoms with van der Waals surface area (Å²) >= 11 is 5.93. The van der Waals surface area contributed by atoms with E-state index in [0.29, 0.717) is 31.6 Å². The summed E-state index contributed by atoms with van der Waals surface area (Å²) in [5.74, 6) is -0.841. The molecule has 0 saturated carbocycles. The molecule has 1 N–H and O–H groups in total. The van der Waals surface area contributed by atoms with Gasteiger partial charge in [-0.05, 0) is 54.3 Å². The lowest BCUT2D eigenvalue weighted by Gasteiger charge is -2.28. The van der Waals surface area contributed by atoms with Crippen LogP contribution in [0, 0.1) is 5.82 Å². The highest BCUT2D eigenvalue weighted by molar-refractivity contribution is 7.89. The third kappa shape index (κ3) is 4.48. The van der Waals surface area contributed by atoms with Gasteiger partial charge in [0.1, 0.15) is 5.82 Å². The van der Waals surface area contributed by atoms with Crippen LogP contribution in [0.2, 0.25) is 5.02 Å². The molecule has 0 bridgehead atoms. The molecule has 144 valence electrons. The minimum Gasteiger partial charge on any atom is -0.322 e. The van der Waals surface area contributed by atoms with Gasteiger partial charge in [0.25, 0.3) is 5.91 Å². The van der Waals surface area contributed by atoms with Gasteiger partial charge in [-0.15, -0.1) is 0 Å². The maximum absolute atomic E-state index is 13.1. The van der Waals surface area contributed by atoms with Crippen LogP contribution < -0.4 is 5.32 Å². The fourth-order valence-electron chi connectivity index (χ4n) is 3.11. The molecule has 1 aliphatic rings. The summed E-state index contributed by atoms with van der Waals surface area (Å²) in [5, 5.41) is 2.76. The maximum atomic E-state index is 13.1. The summed E-state index contributed by atoms with van der Waals surface area (Å²) in [6.07, 6.45) is 1.20. The van der Waals surface area contributed by atoms with Gasteiger partial charge in [0.05, 0.1) is 16.3 Å². The first-order valence-corrected chi connectivity index (χ1v) is 10.6. The van der Waals surface area contributed by atoms with Crippen molar-refractivity contribution in [1.29, 1.82) is 0 Å². The fraction of sp³-hybridized carbons (Fsp3) is 0.316. The van der Waals surface area contributed by atoms with Crippen molar-refractivity contribution in [3.8, 4) is 0 Å². The molecule has 8 heteroatoms. The summed E-state index contributed by atoms with van der Waals surface area (Å²) in [4.78, 5) is 12.4. The lowest BCUT2D eigenvalue weighted by molar-refractivity contribution is 0.102. The molecule has 0 saturated heterocycles. The van der Waals surface area contributed by atoms with Crippen LogP contribution in [-0.2, 0) is 23.0 Å². The third-order valence-corrected chi connectivity index (χ3v) is 6.81. The average molecular weight is 411 g/mol. The van der Waals surface area contributed by atoms with Crippen molar-refractivity contribution in [2.75, 3.05) is 17.6 Å². The number of rotatable bonds is 5. The van der Waals surface area contributed by atoms with Crippen molar-refractivity contribution >= 4 is 33.2 Å². The van der Waals surface area contributed by atoms with Gasteiger partial charge < -0.3 is 5.32 Å². The predicted molar refractivity (Wildman–Crippen MR) is 104 cm³/mol. The minimum atomic E-state index is -3.27. The molecule has 1 heterocycles. The largest absolute Gasteiger partial charge is 0.322 e. The zero-order chi connectivity index (χ0) is 19.6. The number of nitrogens with one attached hydrogen (secondary N) is 1. The van der Waals surface area contributed by atoms with E-state index in [2.05, 4.69) is 5.32 Å². The summed E-state index contributed by atoms with van der Waals surface area (Å²) in [6, 6.07) is 9.01. The predicted octanol–water partition coefficient (Wildman–Crippen LogP) is 3.83. The highest BCUT2D eigenvalue weighted by atomic mass is 35.5. The first-order valence-electron chi connectivity index (χ1n) is 8.66. The van der Waals surface area contributed by atoms with Gasteiger partial charge in [0, 0.05) is 18.8 Å². The molecule has 3 rings (SSSR count). The van der Waals surface area contributed by atoms with Crippen LogP contribution in [-0.4, -0.2) is 30.9 Å². The van der Waals surface area contributed by atoms with E-state index in [1.165, 1.54) is 16.4 Å². The SMILES string of the molecule is CCCS(=O)(=O)N1CCc2ccc(NC(=O)c3ccc(F)cc3Cl)cc2C1. The number of carbonyl (C=O) groups excluding carboxylic acids is 1. The van der Waals surface area contributed by atoms with Crippen LogP contribution >= 0.6 is 11.6 Å². The van der Waals surface area contributed by atoms with E-state index in [9.17, 15) is 17.6 Å². The van der Waals surface area contributed by atoms with Crippen molar-refractivity contribution < 1.29 is 17.6 Å². The zero-order valence-electron chi connectivity index (χ0n) is 14.8. The molecule has 0 aliphatic carbocycles. The van der Waals surface area contributed by atoms with E-state index in [1.807, 2.05) is 13.0 Å². The Bertz CT molecular complexity index is 979. The number of fused-ring (bicyclic) bond motifs is 1. The standard InChI is InChI=1S/C19H20ClFN2O3S/c1-2-9-27(25,26)23-8-7-13-3-5-16(10-14(13)12-23)22-19(24)17-6-4-15(21)11-18(17)20/h3-6,10-11H,2,7-9,12H2,1H3,(H,22,24). The van der Waals surface area contributed by atoms with Crippen LogP contribution in [0.1, 0.15) is 34.8 Å². The number of carbonyl (C=O) groups is 1. The van der Waals surface area contributed by atoms with E-state index in [4.69, 9.17) is 11.6 Å². The van der Waals surface area contributed by atoms with Gasteiger partial charge in [0.2, 0.25) is 10.0 Å². The molecule has 5 nitrogen and oxygen atoms in total. The second-order valence-corrected chi connectivity index (χ2v) is 8.96. The number of amides is 1. The van der Waals surface area contributed by atoms with Crippen LogP contribution in [0.5, 0.6) is 0 Å². The lowest BCUT2D eigenvalue weighted by Crippen LogP contribution is -2.37. The van der Waals surface area contributed by atoms with Crippen molar-refractivity contribution in [2.45, 2.75) is 26.3 Å². The first-order chi connectivity index (χ1) is 12.8. The number of sulfonamides is 1. The Morgan fingerprint density at radius 1 is 1.22 bits per heavy atom. The van der Waals surface area contributed by atoms with Gasteiger partial charge in [-0.1, -0.05) is 24.6 Å². The quantitative estimate of drug-likeness (QED) is 0.814. The molecule has 0 spiro atoms. The second-order valence-electron chi connectivity index (χ2n) is 6.46. The Labute approximate surface area is 163 Å². The zero-order valence-corrected chi connectivity index (χ0v) is 16.4. The van der Waals surface area contributed by atoms with E-state index in [-0.39, 0.29) is 16.3 Å². The summed E-state index contributed by atoms with van der Waals surface area (Å²) in [7, 11) is -3.27. The van der Waals surface area contributed by atoms with Crippen LogP contribution in [0.4, 0.5) is 10.1 Å². The average Bonchev–Trinajstić information content (AvgIpc) is 2.61. The number of hydrogen-bond acceptors (Lipinski definition) is 3. The van der Waals surface area contributed by atoms with Crippen LogP contribution in [0.15, 0.2) is 36.4 Å². The van der Waals surface area contributed by atoms with Crippen molar-refractivity contribution in [1.82, 2.24) is 4.31 Å². The van der Waals surface area contributed by atoms with Gasteiger partial charge in [-0.2, -0.15) is 4.31 Å². The number of anilines is 1. The lowest BCUT2D eigenvalue weighted by atomic mass is 10.0. The second kappa shape index (κ2) is 7.96. The van der Waals surface area contributed by atoms with E-state index in [1.54, 1.807) is 12.1 Å². The minimum absolute atomic E-state index is 0.0299. The molecule has 0 fully saturated rings. The van der Waals surface area contributed by atoms with Gasteiger partial charge in [-0.3, -0.25) is 4.79 Å². The summed E-state index contributed by atoms with van der Waals surface area (Å²) in [6.45, 7) is 2.59. The fourth-order valence-corrected chi connectivity index (χ4v) is 4.84. The Hall–Kier alpha value is -1.96. The topological polar surface area (TPSA) is 66.5 Å². The maximum Gasteiger partial charge on any atom is 0.257 e. The molecule has 1 amide bonds. The molecular weight excluding hydrogens is 391 g/mol. The molecule has 2 aromatic carbocycles. The Morgan fingerprint density at radius 2 is 2.00 bits per heavy atom. The van der Waals surface area contributed by atoms with E-state index in [0.717, 1.165) is 17.2 Å². The molecule has 1 aliphatic heterocycles. The van der Waals surface area contributed by atoms with Crippen LogP contribution in [0.3, 0.4) is 0 Å². The Morgan fingerprint density at radius 3 is 2.70 bits per heavy atom. The van der Waals surface area contributed by atoms with E-state index < -0.39 is 21.7 Å². The normalized spacial score (nSPS) is 14.6. The van der Waals surface area contributed by atoms with Gasteiger partial charge in [0.15, 0.2) is 0 Å². The number of nitrogens with zero attached hydrogens (tertiary/aromatic N) is 1. The van der Waals surface area contributed by atoms with Crippen molar-refractivity contribution in [3.05, 3.63) is 63.9 Å². The van der Waals surface area contributed by atoms with Crippen LogP contribution in [0.25, 0.3) is 0 Å². The smallest absolute Gasteiger partial charge is 0.257 e. The summed E-state index contributed by atoms with van der Waals surface area (Å²) in [5.41, 5.74) is 2.64. The highest BCUT2D eigenvalue weighted by Gasteiger charge is 2.26. The molecule has 0 radical (unpaired) electrons. The molecule has 0 atom stereocenters. The first kappa shape index (κ1) is 19.8. The molecular formula is C19H20ClFN2O3S. The molecule has 2 aromatic rings. The number of hydrogen-bond donors (Lipinski definition) is 1. The molecule has 27 heavy (non-hydrogen) atoms. The number of benzene rings is 2. The third-order valence-electron chi connectivity index (χ3n) is 4.47. The van der Waals surface area contributed by atoms with E-state index >= 15 is 0 Å². The Kier molecular flexibility index (Phi) is 5.83. The van der Waals surface area contributed by atoms with Gasteiger partial charge >= 0.3 is 0 Å². The monoisotopic (exact) mass is 410 g/mol. The summed E-state index contributed by atoms with van der Waals surface area (Å²) < 4.78 is 39.3. The van der Waals surface area contributed by atoms with Crippen molar-refractivity contribution in [3.63, 3.8) is 0 Å². The Balaban J connectivity index is 1.79. The van der Waals surface area contributed by atoms with Crippen molar-refractivity contribution in [2.24, 2.45) is 0 Å².